The van der Waals surface area contributed by atoms with E-state index in [9.17, 15) is 9.90 Å². The van der Waals surface area contributed by atoms with Crippen molar-refractivity contribution in [2.75, 3.05) is 0 Å². The van der Waals surface area contributed by atoms with Crippen LogP contribution < -0.4 is 4.74 Å². The molecule has 3 heteroatoms. The van der Waals surface area contributed by atoms with Crippen LogP contribution in [0.15, 0.2) is 48.5 Å². The minimum Gasteiger partial charge on any atom is -0.489 e. The Kier molecular flexibility index (Phi) is 4.98. The molecule has 1 fully saturated rings. The van der Waals surface area contributed by atoms with Gasteiger partial charge in [0.05, 0.1) is 12.5 Å². The molecule has 0 aromatic heterocycles. The highest BCUT2D eigenvalue weighted by molar-refractivity contribution is 5.89. The first-order valence-corrected chi connectivity index (χ1v) is 11.1. The summed E-state index contributed by atoms with van der Waals surface area (Å²) in [5.74, 6) is 0.381. The van der Waals surface area contributed by atoms with Crippen LogP contribution >= 0.6 is 0 Å². The number of carboxylic acids is 1. The van der Waals surface area contributed by atoms with Crippen molar-refractivity contribution in [2.24, 2.45) is 0 Å². The molecule has 3 aromatic carbocycles. The first-order chi connectivity index (χ1) is 14.6. The Morgan fingerprint density at radius 2 is 1.80 bits per heavy atom. The van der Waals surface area contributed by atoms with Gasteiger partial charge in [-0.15, -0.1) is 0 Å². The molecule has 1 N–H and O–H groups in total. The lowest BCUT2D eigenvalue weighted by Crippen LogP contribution is -2.13. The predicted octanol–water partition coefficient (Wildman–Crippen LogP) is 6.64. The Labute approximate surface area is 177 Å². The van der Waals surface area contributed by atoms with Crippen LogP contribution in [0.25, 0.3) is 21.9 Å². The minimum absolute atomic E-state index is 0.0935. The quantitative estimate of drug-likeness (QED) is 0.522. The highest BCUT2D eigenvalue weighted by Crippen LogP contribution is 2.46. The van der Waals surface area contributed by atoms with Crippen molar-refractivity contribution in [2.45, 2.75) is 63.9 Å². The van der Waals surface area contributed by atoms with Gasteiger partial charge in [-0.1, -0.05) is 36.4 Å². The van der Waals surface area contributed by atoms with Crippen LogP contribution in [0.4, 0.5) is 0 Å². The third-order valence-electron chi connectivity index (χ3n) is 6.94. The van der Waals surface area contributed by atoms with Gasteiger partial charge >= 0.3 is 5.97 Å². The Morgan fingerprint density at radius 1 is 1.03 bits per heavy atom. The molecule has 2 aliphatic rings. The van der Waals surface area contributed by atoms with Crippen molar-refractivity contribution >= 4 is 16.7 Å². The number of rotatable bonds is 5. The second-order valence-corrected chi connectivity index (χ2v) is 8.87. The molecular weight excluding hydrogens is 372 g/mol. The Hall–Kier alpha value is -2.81. The lowest BCUT2D eigenvalue weighted by molar-refractivity contribution is -0.137. The standard InChI is InChI=1S/C27H28O3/c1-17-23-13-12-21(15-26(28)29)24(23)16-25(27(17)30-22-8-4-5-9-22)20-11-10-18-6-2-3-7-19(18)14-20/h2-3,6-7,10-11,14,16,21-22H,4-5,8-9,12-13,15H2,1H3,(H,28,29). The summed E-state index contributed by atoms with van der Waals surface area (Å²) in [4.78, 5) is 11.4. The summed E-state index contributed by atoms with van der Waals surface area (Å²) < 4.78 is 6.63. The van der Waals surface area contributed by atoms with Crippen LogP contribution in [0.5, 0.6) is 5.75 Å². The van der Waals surface area contributed by atoms with Crippen molar-refractivity contribution in [3.63, 3.8) is 0 Å². The number of carbonyl (C=O) groups is 1. The van der Waals surface area contributed by atoms with Gasteiger partial charge in [-0.3, -0.25) is 4.79 Å². The summed E-state index contributed by atoms with van der Waals surface area (Å²) in [6.45, 7) is 2.16. The third kappa shape index (κ3) is 3.47. The van der Waals surface area contributed by atoms with E-state index in [-0.39, 0.29) is 18.4 Å². The smallest absolute Gasteiger partial charge is 0.303 e. The largest absolute Gasteiger partial charge is 0.489 e. The Balaban J connectivity index is 1.66. The summed E-state index contributed by atoms with van der Waals surface area (Å²) in [7, 11) is 0. The van der Waals surface area contributed by atoms with Crippen molar-refractivity contribution in [3.05, 3.63) is 65.2 Å². The Morgan fingerprint density at radius 3 is 2.57 bits per heavy atom. The molecule has 1 saturated carbocycles. The van der Waals surface area contributed by atoms with Crippen LogP contribution in [0.2, 0.25) is 0 Å². The molecule has 0 spiro atoms. The summed E-state index contributed by atoms with van der Waals surface area (Å²) in [5.41, 5.74) is 5.97. The van der Waals surface area contributed by atoms with Gasteiger partial charge in [-0.2, -0.15) is 0 Å². The molecule has 2 aliphatic carbocycles. The summed E-state index contributed by atoms with van der Waals surface area (Å²) in [6, 6.07) is 17.2. The molecule has 0 amide bonds. The van der Waals surface area contributed by atoms with E-state index in [4.69, 9.17) is 4.74 Å². The van der Waals surface area contributed by atoms with Gasteiger partial charge in [0.1, 0.15) is 5.75 Å². The van der Waals surface area contributed by atoms with E-state index in [0.29, 0.717) is 0 Å². The van der Waals surface area contributed by atoms with E-state index in [1.54, 1.807) is 0 Å². The number of benzene rings is 3. The molecule has 154 valence electrons. The van der Waals surface area contributed by atoms with E-state index in [2.05, 4.69) is 55.5 Å². The number of hydrogen-bond acceptors (Lipinski definition) is 2. The summed E-state index contributed by atoms with van der Waals surface area (Å²) in [6.07, 6.45) is 7.06. The maximum atomic E-state index is 11.4. The second-order valence-electron chi connectivity index (χ2n) is 8.87. The number of ether oxygens (including phenoxy) is 1. The number of fused-ring (bicyclic) bond motifs is 2. The molecule has 3 nitrogen and oxygen atoms in total. The zero-order chi connectivity index (χ0) is 20.7. The fourth-order valence-electron chi connectivity index (χ4n) is 5.35. The second kappa shape index (κ2) is 7.79. The molecule has 0 radical (unpaired) electrons. The van der Waals surface area contributed by atoms with E-state index < -0.39 is 5.97 Å². The molecule has 0 bridgehead atoms. The maximum absolute atomic E-state index is 11.4. The molecule has 30 heavy (non-hydrogen) atoms. The van der Waals surface area contributed by atoms with Gasteiger partial charge in [0.15, 0.2) is 0 Å². The van der Waals surface area contributed by atoms with Crippen LogP contribution in [-0.4, -0.2) is 17.2 Å². The average Bonchev–Trinajstić information content (AvgIpc) is 3.39. The third-order valence-corrected chi connectivity index (χ3v) is 6.94. The predicted molar refractivity (Wildman–Crippen MR) is 120 cm³/mol. The molecule has 0 heterocycles. The molecule has 3 aromatic rings. The van der Waals surface area contributed by atoms with E-state index in [0.717, 1.165) is 42.6 Å². The Bertz CT molecular complexity index is 1110. The maximum Gasteiger partial charge on any atom is 0.303 e. The van der Waals surface area contributed by atoms with Gasteiger partial charge in [0.25, 0.3) is 0 Å². The topological polar surface area (TPSA) is 46.5 Å². The van der Waals surface area contributed by atoms with Crippen LogP contribution in [-0.2, 0) is 11.2 Å². The van der Waals surface area contributed by atoms with Gasteiger partial charge in [-0.05, 0) is 96.5 Å². The van der Waals surface area contributed by atoms with Crippen molar-refractivity contribution in [1.82, 2.24) is 0 Å². The van der Waals surface area contributed by atoms with Gasteiger partial charge in [-0.25, -0.2) is 0 Å². The van der Waals surface area contributed by atoms with Gasteiger partial charge in [0, 0.05) is 5.56 Å². The molecule has 0 aliphatic heterocycles. The van der Waals surface area contributed by atoms with E-state index in [1.165, 1.54) is 40.3 Å². The highest BCUT2D eigenvalue weighted by Gasteiger charge is 2.30. The monoisotopic (exact) mass is 400 g/mol. The van der Waals surface area contributed by atoms with Crippen LogP contribution in [0.3, 0.4) is 0 Å². The summed E-state index contributed by atoms with van der Waals surface area (Å²) >= 11 is 0. The van der Waals surface area contributed by atoms with Crippen LogP contribution in [0, 0.1) is 6.92 Å². The number of hydrogen-bond donors (Lipinski definition) is 1. The SMILES string of the molecule is Cc1c2c(cc(-c3ccc4ccccc4c3)c1OC1CCCC1)C(CC(=O)O)CC2. The molecular formula is C27H28O3. The highest BCUT2D eigenvalue weighted by atomic mass is 16.5. The lowest BCUT2D eigenvalue weighted by Gasteiger charge is -2.22. The minimum atomic E-state index is -0.718. The number of carboxylic acid groups (broad SMARTS) is 1. The normalized spacial score (nSPS) is 18.6. The van der Waals surface area contributed by atoms with Gasteiger partial charge < -0.3 is 9.84 Å². The van der Waals surface area contributed by atoms with E-state index in [1.807, 2.05) is 0 Å². The molecule has 1 unspecified atom stereocenters. The van der Waals surface area contributed by atoms with Crippen molar-refractivity contribution in [3.8, 4) is 16.9 Å². The van der Waals surface area contributed by atoms with Gasteiger partial charge in [0.2, 0.25) is 0 Å². The van der Waals surface area contributed by atoms with E-state index >= 15 is 0 Å². The first-order valence-electron chi connectivity index (χ1n) is 11.1. The van der Waals surface area contributed by atoms with Crippen molar-refractivity contribution in [1.29, 1.82) is 0 Å². The number of aliphatic carboxylic acids is 1. The average molecular weight is 401 g/mol. The lowest BCUT2D eigenvalue weighted by atomic mass is 9.90. The van der Waals surface area contributed by atoms with Crippen molar-refractivity contribution < 1.29 is 14.6 Å². The fourth-order valence-corrected chi connectivity index (χ4v) is 5.35. The van der Waals surface area contributed by atoms with Crippen LogP contribution in [0.1, 0.15) is 61.1 Å². The fraction of sp³-hybridized carbons (Fsp3) is 0.370. The zero-order valence-electron chi connectivity index (χ0n) is 17.5. The molecule has 1 atom stereocenters. The first kappa shape index (κ1) is 19.2. The zero-order valence-corrected chi connectivity index (χ0v) is 17.5. The molecule has 0 saturated heterocycles. The molecule has 5 rings (SSSR count). The summed E-state index contributed by atoms with van der Waals surface area (Å²) in [5, 5.41) is 11.8.